The smallest absolute Gasteiger partial charge is 0.395 e. The van der Waals surface area contributed by atoms with Gasteiger partial charge in [0.1, 0.15) is 24.4 Å². The van der Waals surface area contributed by atoms with E-state index in [-0.39, 0.29) is 42.0 Å². The van der Waals surface area contributed by atoms with E-state index < -0.39 is 43.7 Å². The van der Waals surface area contributed by atoms with Crippen LogP contribution in [0.25, 0.3) is 21.9 Å². The van der Waals surface area contributed by atoms with Crippen LogP contribution in [0.1, 0.15) is 46.3 Å². The molecule has 6 atom stereocenters. The average molecular weight is 769 g/mol. The first-order valence-electron chi connectivity index (χ1n) is 14.4. The highest BCUT2D eigenvalue weighted by Gasteiger charge is 2.54. The third-order valence-corrected chi connectivity index (χ3v) is 9.57. The highest BCUT2D eigenvalue weighted by atomic mass is 127. The number of ether oxygens (including phenoxy) is 3. The van der Waals surface area contributed by atoms with Crippen molar-refractivity contribution in [2.75, 3.05) is 19.5 Å². The second-order valence-corrected chi connectivity index (χ2v) is 13.1. The highest BCUT2D eigenvalue weighted by Crippen LogP contribution is 2.44. The van der Waals surface area contributed by atoms with E-state index in [0.717, 1.165) is 11.8 Å². The first kappa shape index (κ1) is 33.9. The zero-order valence-electron chi connectivity index (χ0n) is 25.5. The van der Waals surface area contributed by atoms with Crippen LogP contribution in [0.2, 0.25) is 0 Å². The van der Waals surface area contributed by atoms with Crippen LogP contribution in [0.3, 0.4) is 0 Å². The van der Waals surface area contributed by atoms with Crippen molar-refractivity contribution in [2.45, 2.75) is 69.6 Å². The molecule has 46 heavy (non-hydrogen) atoms. The molecule has 1 unspecified atom stereocenters. The van der Waals surface area contributed by atoms with Gasteiger partial charge in [0.05, 0.1) is 7.11 Å². The molecule has 0 radical (unpaired) electrons. The lowest BCUT2D eigenvalue weighted by Gasteiger charge is -2.27. The normalized spacial score (nSPS) is 23.0. The number of anilines is 1. The number of unbranched alkanes of at least 4 members (excludes halogenated alkanes) is 1. The molecule has 5 N–H and O–H groups in total. The van der Waals surface area contributed by atoms with Gasteiger partial charge in [0.25, 0.3) is 0 Å². The number of carboxylic acid groups (broad SMARTS) is 1. The molecule has 5 rings (SSSR count). The zero-order valence-corrected chi connectivity index (χ0v) is 28.5. The fraction of sp³-hybridized carbons (Fsp3) is 0.448. The first-order chi connectivity index (χ1) is 21.8. The summed E-state index contributed by atoms with van der Waals surface area (Å²) in [5, 5.41) is 33.7. The van der Waals surface area contributed by atoms with Crippen LogP contribution in [-0.4, -0.2) is 77.9 Å². The molecule has 246 valence electrons. The molecule has 15 nitrogen and oxygen atoms in total. The third kappa shape index (κ3) is 6.41. The molecule has 2 aromatic heterocycles. The second kappa shape index (κ2) is 13.4. The molecular formula is C29H34IN6O9P. The number of rotatable bonds is 12. The summed E-state index contributed by atoms with van der Waals surface area (Å²) in [5.74, 6) is -0.918. The minimum atomic E-state index is -2.84. The summed E-state index contributed by atoms with van der Waals surface area (Å²) in [6, 6.07) is 10.5. The van der Waals surface area contributed by atoms with Gasteiger partial charge < -0.3 is 40.2 Å². The number of nitrogens with zero attached hydrogens (tertiary/aromatic N) is 5. The lowest BCUT2D eigenvalue weighted by Crippen LogP contribution is -2.45. The zero-order chi connectivity index (χ0) is 33.4. The number of benzene rings is 2. The van der Waals surface area contributed by atoms with Crippen molar-refractivity contribution in [3.05, 3.63) is 40.2 Å². The van der Waals surface area contributed by atoms with E-state index in [0.29, 0.717) is 21.2 Å². The van der Waals surface area contributed by atoms with Crippen LogP contribution in [-0.2, 0) is 9.53 Å². The predicted octanol–water partition coefficient (Wildman–Crippen LogP) is 3.53. The molecule has 1 fully saturated rings. The van der Waals surface area contributed by atoms with Gasteiger partial charge in [0.2, 0.25) is 23.1 Å². The largest absolute Gasteiger partial charge is 0.575 e. The van der Waals surface area contributed by atoms with E-state index in [4.69, 9.17) is 24.5 Å². The van der Waals surface area contributed by atoms with Gasteiger partial charge in [-0.15, -0.1) is 0 Å². The number of halogens is 1. The number of imidazole rings is 1. The van der Waals surface area contributed by atoms with Gasteiger partial charge in [-0.2, -0.15) is 9.97 Å². The number of aliphatic hydroxyl groups excluding tert-OH is 1. The van der Waals surface area contributed by atoms with E-state index in [1.54, 1.807) is 24.3 Å². The highest BCUT2D eigenvalue weighted by molar-refractivity contribution is 14.1. The number of carboxylic acids is 1. The maximum Gasteiger partial charge on any atom is 0.395 e. The Hall–Kier alpha value is -3.41. The fourth-order valence-electron chi connectivity index (χ4n) is 5.24. The van der Waals surface area contributed by atoms with Crippen LogP contribution in [0, 0.1) is 3.83 Å². The number of fused-ring (bicyclic) bond motifs is 2. The Morgan fingerprint density at radius 3 is 2.72 bits per heavy atom. The van der Waals surface area contributed by atoms with E-state index >= 15 is 0 Å². The minimum Gasteiger partial charge on any atom is -0.575 e. The summed E-state index contributed by atoms with van der Waals surface area (Å²) < 4.78 is 29.2. The number of nitrogens with two attached hydrogens (primary N) is 1. The summed E-state index contributed by atoms with van der Waals surface area (Å²) in [7, 11) is -1.42. The Morgan fingerprint density at radius 1 is 1.28 bits per heavy atom. The van der Waals surface area contributed by atoms with Gasteiger partial charge in [-0.1, -0.05) is 54.8 Å². The van der Waals surface area contributed by atoms with Crippen LogP contribution >= 0.6 is 30.8 Å². The van der Waals surface area contributed by atoms with E-state index in [1.807, 2.05) is 41.6 Å². The van der Waals surface area contributed by atoms with Crippen molar-refractivity contribution >= 4 is 64.6 Å². The Morgan fingerprint density at radius 2 is 2.02 bits per heavy atom. The number of methoxy groups -OCH3 is 1. The monoisotopic (exact) mass is 768 g/mol. The van der Waals surface area contributed by atoms with Gasteiger partial charge in [0.15, 0.2) is 27.0 Å². The van der Waals surface area contributed by atoms with Gasteiger partial charge in [-0.3, -0.25) is 9.09 Å². The summed E-state index contributed by atoms with van der Waals surface area (Å²) >= 11 is 1.95. The molecule has 3 heterocycles. The summed E-state index contributed by atoms with van der Waals surface area (Å²) in [5.41, 5.74) is 2.97. The standard InChI is InChI=1S/C29H34IN6O9P/c1-5-6-13-28(2,25(38)39)35-46(41)45-20-16-10-8-7-9-15(16)11-12-17(20)43-14-18-21(37)29(3,40)24(44-18)36-22-19(32-26(36)30)23(42-4)34-27(31)33-22/h7-12,18,21,24,37,40H,5-6,13-14H2,1-4H3,(H,38,39)(H2,31,33,34)/t18-,21-,24-,28+,29-/m1/s1. The second-order valence-electron chi connectivity index (χ2n) is 11.2. The molecule has 1 aliphatic rings. The first-order valence-corrected chi connectivity index (χ1v) is 16.6. The number of aromatic nitrogens is 4. The van der Waals surface area contributed by atoms with Crippen LogP contribution in [0.15, 0.2) is 41.1 Å². The van der Waals surface area contributed by atoms with Crippen LogP contribution in [0.5, 0.6) is 17.4 Å². The third-order valence-electron chi connectivity index (χ3n) is 7.86. The number of aliphatic carboxylic acids is 1. The van der Waals surface area contributed by atoms with Gasteiger partial charge in [0, 0.05) is 28.0 Å². The number of hydrogen-bond donors (Lipinski definition) is 4. The van der Waals surface area contributed by atoms with Crippen molar-refractivity contribution in [2.24, 2.45) is 4.74 Å². The molecule has 0 bridgehead atoms. The summed E-state index contributed by atoms with van der Waals surface area (Å²) in [6.45, 7) is 4.49. The number of nitrogen functional groups attached to an aromatic ring is 1. The molecular weight excluding hydrogens is 734 g/mol. The topological polar surface area (TPSA) is 220 Å². The Bertz CT molecular complexity index is 1800. The number of carbonyl (C=O) groups is 1. The van der Waals surface area contributed by atoms with Crippen LogP contribution in [0.4, 0.5) is 5.95 Å². The van der Waals surface area contributed by atoms with Crippen LogP contribution < -0.4 is 24.6 Å². The molecule has 1 aliphatic heterocycles. The van der Waals surface area contributed by atoms with Gasteiger partial charge in [-0.05, 0) is 31.7 Å². The quantitative estimate of drug-likeness (QED) is 0.0922. The SMILES string of the molecule is CCCC[C@](C)(N=[P+]([O-])Oc1c(OC[C@H]2O[C@@H](n3c(I)nc4c(OC)nc(N)nc43)[C@](C)(O)[C@@H]2O)ccc2ccccc12)C(=O)O. The molecule has 1 saturated heterocycles. The number of aliphatic hydroxyl groups is 2. The fourth-order valence-corrected chi connectivity index (χ4v) is 6.90. The molecule has 0 spiro atoms. The van der Waals surface area contributed by atoms with Gasteiger partial charge in [-0.25, -0.2) is 9.78 Å². The van der Waals surface area contributed by atoms with E-state index in [2.05, 4.69) is 19.7 Å². The van der Waals surface area contributed by atoms with Crippen molar-refractivity contribution in [1.29, 1.82) is 0 Å². The average Bonchev–Trinajstić information content (AvgIpc) is 3.45. The van der Waals surface area contributed by atoms with Crippen molar-refractivity contribution in [1.82, 2.24) is 19.5 Å². The lowest BCUT2D eigenvalue weighted by atomic mass is 9.96. The van der Waals surface area contributed by atoms with Crippen molar-refractivity contribution in [3.8, 4) is 17.4 Å². The minimum absolute atomic E-state index is 0.0800. The van der Waals surface area contributed by atoms with E-state index in [9.17, 15) is 25.0 Å². The van der Waals surface area contributed by atoms with E-state index in [1.165, 1.54) is 25.5 Å². The molecule has 0 saturated carbocycles. The molecule has 0 amide bonds. The molecule has 0 aliphatic carbocycles. The predicted molar refractivity (Wildman–Crippen MR) is 175 cm³/mol. The van der Waals surface area contributed by atoms with Crippen molar-refractivity contribution < 1.29 is 43.7 Å². The Labute approximate surface area is 278 Å². The Balaban J connectivity index is 1.44. The summed E-state index contributed by atoms with van der Waals surface area (Å²) in [6.07, 6.45) is -2.14. The van der Waals surface area contributed by atoms with Gasteiger partial charge >= 0.3 is 14.1 Å². The molecule has 17 heteroatoms. The lowest BCUT2D eigenvalue weighted by molar-refractivity contribution is -0.170. The maximum absolute atomic E-state index is 13.2. The Kier molecular flexibility index (Phi) is 9.86. The maximum atomic E-state index is 13.2. The molecule has 4 aromatic rings. The summed E-state index contributed by atoms with van der Waals surface area (Å²) in [4.78, 5) is 37.9. The number of hydrogen-bond acceptors (Lipinski definition) is 13. The molecule has 2 aromatic carbocycles. The van der Waals surface area contributed by atoms with Crippen molar-refractivity contribution in [3.63, 3.8) is 0 Å².